The minimum atomic E-state index is -1.19. The first-order chi connectivity index (χ1) is 9.92. The highest BCUT2D eigenvalue weighted by Crippen LogP contribution is 2.25. The van der Waals surface area contributed by atoms with Gasteiger partial charge < -0.3 is 25.3 Å². The largest absolute Gasteiger partial charge is 0.507 e. The number of hydrogen-bond acceptors (Lipinski definition) is 4. The lowest BCUT2D eigenvalue weighted by Gasteiger charge is -2.08. The first kappa shape index (κ1) is 14.4. The van der Waals surface area contributed by atoms with E-state index in [1.807, 2.05) is 0 Å². The topological polar surface area (TPSA) is 112 Å². The maximum atomic E-state index is 12.2. The highest BCUT2D eigenvalue weighted by molar-refractivity contribution is 6.09. The molecule has 0 atom stereocenters. The van der Waals surface area contributed by atoms with Crippen LogP contribution in [0.5, 0.6) is 11.5 Å². The van der Waals surface area contributed by atoms with Gasteiger partial charge in [0, 0.05) is 5.69 Å². The summed E-state index contributed by atoms with van der Waals surface area (Å²) in [5.74, 6) is -1.64. The predicted octanol–water partition coefficient (Wildman–Crippen LogP) is 1.99. The number of amides is 1. The molecule has 0 saturated carbocycles. The van der Waals surface area contributed by atoms with Crippen molar-refractivity contribution in [2.45, 2.75) is 6.92 Å². The minimum absolute atomic E-state index is 0.00968. The number of hydrogen-bond donors (Lipinski definition) is 4. The number of carboxylic acid groups (broad SMARTS) is 1. The summed E-state index contributed by atoms with van der Waals surface area (Å²) >= 11 is 0. The van der Waals surface area contributed by atoms with Gasteiger partial charge in [0.05, 0.1) is 18.4 Å². The van der Waals surface area contributed by atoms with Gasteiger partial charge in [-0.2, -0.15) is 0 Å². The van der Waals surface area contributed by atoms with Crippen molar-refractivity contribution in [1.29, 1.82) is 0 Å². The van der Waals surface area contributed by atoms with Crippen molar-refractivity contribution < 1.29 is 24.5 Å². The summed E-state index contributed by atoms with van der Waals surface area (Å²) in [6.07, 6.45) is 0. The van der Waals surface area contributed by atoms with Gasteiger partial charge in [0.2, 0.25) is 0 Å². The van der Waals surface area contributed by atoms with E-state index in [1.54, 1.807) is 6.92 Å². The number of nitrogens with one attached hydrogen (secondary N) is 2. The molecule has 2 aromatic rings. The van der Waals surface area contributed by atoms with Crippen LogP contribution in [-0.4, -0.2) is 34.2 Å². The molecule has 110 valence electrons. The van der Waals surface area contributed by atoms with E-state index in [1.165, 1.54) is 31.4 Å². The molecule has 2 rings (SSSR count). The van der Waals surface area contributed by atoms with E-state index >= 15 is 0 Å². The summed E-state index contributed by atoms with van der Waals surface area (Å²) in [4.78, 5) is 25.9. The number of ether oxygens (including phenoxy) is 1. The maximum absolute atomic E-state index is 12.2. The number of carbonyl (C=O) groups excluding carboxylic acids is 1. The average molecular weight is 290 g/mol. The molecule has 1 amide bonds. The first-order valence-corrected chi connectivity index (χ1v) is 6.03. The van der Waals surface area contributed by atoms with Crippen LogP contribution in [0.15, 0.2) is 24.3 Å². The Labute approximate surface area is 120 Å². The van der Waals surface area contributed by atoms with Crippen molar-refractivity contribution in [2.24, 2.45) is 0 Å². The summed E-state index contributed by atoms with van der Waals surface area (Å²) in [7, 11) is 1.44. The zero-order chi connectivity index (χ0) is 15.6. The predicted molar refractivity (Wildman–Crippen MR) is 75.1 cm³/mol. The number of phenols is 1. The van der Waals surface area contributed by atoms with Crippen LogP contribution in [0.2, 0.25) is 0 Å². The number of aromatic nitrogens is 1. The number of phenolic OH excluding ortho intramolecular Hbond substituents is 1. The van der Waals surface area contributed by atoms with E-state index in [0.717, 1.165) is 0 Å². The molecular weight excluding hydrogens is 276 g/mol. The fraction of sp³-hybridized carbons (Fsp3) is 0.143. The third-order valence-corrected chi connectivity index (χ3v) is 2.86. The van der Waals surface area contributed by atoms with Crippen molar-refractivity contribution in [3.63, 3.8) is 0 Å². The lowest BCUT2D eigenvalue weighted by Crippen LogP contribution is -2.14. The van der Waals surface area contributed by atoms with E-state index < -0.39 is 11.9 Å². The Morgan fingerprint density at radius 1 is 1.29 bits per heavy atom. The van der Waals surface area contributed by atoms with E-state index in [0.29, 0.717) is 11.4 Å². The van der Waals surface area contributed by atoms with E-state index in [-0.39, 0.29) is 22.7 Å². The second-order valence-corrected chi connectivity index (χ2v) is 4.38. The van der Waals surface area contributed by atoms with Gasteiger partial charge in [-0.1, -0.05) is 0 Å². The molecule has 21 heavy (non-hydrogen) atoms. The number of methoxy groups -OCH3 is 1. The number of carbonyl (C=O) groups is 2. The Hall–Kier alpha value is -2.96. The van der Waals surface area contributed by atoms with Crippen molar-refractivity contribution in [3.05, 3.63) is 41.2 Å². The number of aromatic hydroxyl groups is 1. The Morgan fingerprint density at radius 2 is 2.00 bits per heavy atom. The number of rotatable bonds is 4. The molecule has 0 aliphatic carbocycles. The van der Waals surface area contributed by atoms with Crippen molar-refractivity contribution in [1.82, 2.24) is 4.98 Å². The molecule has 7 nitrogen and oxygen atoms in total. The average Bonchev–Trinajstić information content (AvgIpc) is 2.80. The monoisotopic (exact) mass is 290 g/mol. The van der Waals surface area contributed by atoms with Crippen LogP contribution in [0.4, 0.5) is 5.69 Å². The number of H-pyrrole nitrogens is 1. The molecule has 0 unspecified atom stereocenters. The molecule has 1 aromatic heterocycles. The van der Waals surface area contributed by atoms with Gasteiger partial charge in [0.1, 0.15) is 17.2 Å². The van der Waals surface area contributed by atoms with Gasteiger partial charge >= 0.3 is 5.97 Å². The Morgan fingerprint density at radius 3 is 2.62 bits per heavy atom. The standard InChI is InChI=1S/C14H14N2O5/c1-7-5-10(12(15-7)14(19)20)16-13(18)9-6-8(21-2)3-4-11(9)17/h3-6,15,17H,1-2H3,(H,16,18)(H,19,20). The van der Waals surface area contributed by atoms with Crippen LogP contribution >= 0.6 is 0 Å². The number of aromatic amines is 1. The van der Waals surface area contributed by atoms with E-state index in [2.05, 4.69) is 10.3 Å². The van der Waals surface area contributed by atoms with Gasteiger partial charge in [0.25, 0.3) is 5.91 Å². The van der Waals surface area contributed by atoms with E-state index in [9.17, 15) is 14.7 Å². The van der Waals surface area contributed by atoms with Gasteiger partial charge in [-0.3, -0.25) is 4.79 Å². The van der Waals surface area contributed by atoms with Crippen LogP contribution in [0.1, 0.15) is 26.5 Å². The van der Waals surface area contributed by atoms with Gasteiger partial charge in [0.15, 0.2) is 0 Å². The fourth-order valence-corrected chi connectivity index (χ4v) is 1.87. The molecule has 0 aliphatic heterocycles. The second kappa shape index (κ2) is 5.58. The molecule has 0 saturated heterocycles. The number of benzene rings is 1. The molecule has 0 aliphatic rings. The lowest BCUT2D eigenvalue weighted by molar-refractivity contribution is 0.0692. The van der Waals surface area contributed by atoms with Crippen molar-refractivity contribution in [2.75, 3.05) is 12.4 Å². The zero-order valence-electron chi connectivity index (χ0n) is 11.4. The molecule has 0 spiro atoms. The van der Waals surface area contributed by atoms with Gasteiger partial charge in [-0.15, -0.1) is 0 Å². The Bertz CT molecular complexity index is 705. The first-order valence-electron chi connectivity index (χ1n) is 6.03. The summed E-state index contributed by atoms with van der Waals surface area (Å²) in [6.45, 7) is 1.67. The summed E-state index contributed by atoms with van der Waals surface area (Å²) in [5.41, 5.74) is 0.595. The van der Waals surface area contributed by atoms with Crippen LogP contribution in [0, 0.1) is 6.92 Å². The molecular formula is C14H14N2O5. The molecule has 1 aromatic carbocycles. The molecule has 0 radical (unpaired) electrons. The molecule has 0 fully saturated rings. The van der Waals surface area contributed by atoms with Gasteiger partial charge in [-0.05, 0) is 31.2 Å². The molecule has 7 heteroatoms. The highest BCUT2D eigenvalue weighted by atomic mass is 16.5. The smallest absolute Gasteiger partial charge is 0.354 e. The highest BCUT2D eigenvalue weighted by Gasteiger charge is 2.18. The third kappa shape index (κ3) is 2.97. The summed E-state index contributed by atoms with van der Waals surface area (Å²) < 4.78 is 4.98. The van der Waals surface area contributed by atoms with Crippen LogP contribution in [0.3, 0.4) is 0 Å². The number of carboxylic acids is 1. The molecule has 0 bridgehead atoms. The van der Waals surface area contributed by atoms with Crippen LogP contribution in [-0.2, 0) is 0 Å². The maximum Gasteiger partial charge on any atom is 0.354 e. The molecule has 4 N–H and O–H groups in total. The summed E-state index contributed by atoms with van der Waals surface area (Å²) in [6, 6.07) is 5.70. The fourth-order valence-electron chi connectivity index (χ4n) is 1.87. The normalized spacial score (nSPS) is 10.2. The van der Waals surface area contributed by atoms with Gasteiger partial charge in [-0.25, -0.2) is 4.79 Å². The van der Waals surface area contributed by atoms with E-state index in [4.69, 9.17) is 9.84 Å². The summed E-state index contributed by atoms with van der Waals surface area (Å²) in [5, 5.41) is 21.2. The van der Waals surface area contributed by atoms with Crippen LogP contribution in [0.25, 0.3) is 0 Å². The zero-order valence-corrected chi connectivity index (χ0v) is 11.4. The SMILES string of the molecule is COc1ccc(O)c(C(=O)Nc2cc(C)[nH]c2C(=O)O)c1. The minimum Gasteiger partial charge on any atom is -0.507 e. The van der Waals surface area contributed by atoms with Crippen molar-refractivity contribution >= 4 is 17.6 Å². The number of aryl methyl sites for hydroxylation is 1. The molecule has 1 heterocycles. The number of anilines is 1. The Kier molecular flexibility index (Phi) is 3.84. The Balaban J connectivity index is 2.32. The third-order valence-electron chi connectivity index (χ3n) is 2.86. The number of aromatic carboxylic acids is 1. The van der Waals surface area contributed by atoms with Crippen LogP contribution < -0.4 is 10.1 Å². The quantitative estimate of drug-likeness (QED) is 0.688. The second-order valence-electron chi connectivity index (χ2n) is 4.38. The van der Waals surface area contributed by atoms with Crippen molar-refractivity contribution in [3.8, 4) is 11.5 Å². The lowest BCUT2D eigenvalue weighted by atomic mass is 10.1.